The van der Waals surface area contributed by atoms with Gasteiger partial charge in [0.2, 0.25) is 5.82 Å². The fraction of sp³-hybridized carbons (Fsp3) is 0.235. The van der Waals surface area contributed by atoms with E-state index < -0.39 is 0 Å². The summed E-state index contributed by atoms with van der Waals surface area (Å²) >= 11 is 1.28. The van der Waals surface area contributed by atoms with Crippen molar-refractivity contribution >= 4 is 11.8 Å². The Bertz CT molecular complexity index is 904. The molecule has 0 aliphatic rings. The molecule has 7 nitrogen and oxygen atoms in total. The van der Waals surface area contributed by atoms with Crippen molar-refractivity contribution in [2.75, 3.05) is 20.0 Å². The number of rotatable bonds is 6. The molecule has 3 rings (SSSR count). The van der Waals surface area contributed by atoms with Crippen LogP contribution >= 0.6 is 11.8 Å². The van der Waals surface area contributed by atoms with Crippen LogP contribution in [0.5, 0.6) is 11.5 Å². The number of benzene rings is 1. The molecule has 0 radical (unpaired) electrons. The molecule has 0 atom stereocenters. The summed E-state index contributed by atoms with van der Waals surface area (Å²) in [7, 11) is 3.17. The molecule has 0 N–H and O–H groups in total. The highest BCUT2D eigenvalue weighted by atomic mass is 32.2. The standard InChI is InChI=1S/C17H16N4O3S/c1-11-7-8-14(24-11)16-19-20-17(25-10-9-18)21(16)15-12(22-2)5-4-6-13(15)23-3/h4-8H,10H2,1-3H3. The lowest BCUT2D eigenvalue weighted by atomic mass is 10.2. The lowest BCUT2D eigenvalue weighted by Crippen LogP contribution is -2.04. The van der Waals surface area contributed by atoms with Crippen LogP contribution in [0.1, 0.15) is 5.76 Å². The van der Waals surface area contributed by atoms with Gasteiger partial charge in [-0.2, -0.15) is 5.26 Å². The molecule has 0 saturated carbocycles. The van der Waals surface area contributed by atoms with Crippen LogP contribution in [-0.2, 0) is 0 Å². The number of furan rings is 1. The van der Waals surface area contributed by atoms with E-state index in [4.69, 9.17) is 19.2 Å². The number of hydrogen-bond donors (Lipinski definition) is 0. The highest BCUT2D eigenvalue weighted by Gasteiger charge is 2.23. The molecule has 0 fully saturated rings. The third kappa shape index (κ3) is 3.19. The Morgan fingerprint density at radius 3 is 2.44 bits per heavy atom. The molecule has 0 unspecified atom stereocenters. The van der Waals surface area contributed by atoms with Gasteiger partial charge in [-0.3, -0.25) is 4.57 Å². The topological polar surface area (TPSA) is 86.1 Å². The summed E-state index contributed by atoms with van der Waals surface area (Å²) < 4.78 is 18.5. The van der Waals surface area contributed by atoms with E-state index in [0.29, 0.717) is 33.9 Å². The Morgan fingerprint density at radius 1 is 1.16 bits per heavy atom. The summed E-state index contributed by atoms with van der Waals surface area (Å²) in [4.78, 5) is 0. The zero-order valence-electron chi connectivity index (χ0n) is 14.0. The Kier molecular flexibility index (Phi) is 4.95. The second kappa shape index (κ2) is 7.32. The molecule has 128 valence electrons. The predicted molar refractivity (Wildman–Crippen MR) is 93.2 cm³/mol. The molecule has 25 heavy (non-hydrogen) atoms. The third-order valence-corrected chi connectivity index (χ3v) is 4.28. The SMILES string of the molecule is COc1cccc(OC)c1-n1c(SCC#N)nnc1-c1ccc(C)o1. The summed E-state index contributed by atoms with van der Waals surface area (Å²) in [6.07, 6.45) is 0. The monoisotopic (exact) mass is 356 g/mol. The van der Waals surface area contributed by atoms with E-state index in [0.717, 1.165) is 5.76 Å². The molecule has 0 spiro atoms. The number of aryl methyl sites for hydroxylation is 1. The Balaban J connectivity index is 2.27. The van der Waals surface area contributed by atoms with E-state index in [1.54, 1.807) is 18.8 Å². The molecule has 0 aliphatic heterocycles. The van der Waals surface area contributed by atoms with Crippen molar-refractivity contribution in [1.29, 1.82) is 5.26 Å². The summed E-state index contributed by atoms with van der Waals surface area (Å²) in [5.74, 6) is 3.29. The fourth-order valence-corrected chi connectivity index (χ4v) is 3.03. The van der Waals surface area contributed by atoms with E-state index in [-0.39, 0.29) is 5.75 Å². The first-order valence-corrected chi connectivity index (χ1v) is 8.41. The molecule has 0 aliphatic carbocycles. The maximum atomic E-state index is 8.92. The van der Waals surface area contributed by atoms with Gasteiger partial charge in [-0.1, -0.05) is 17.8 Å². The molecule has 0 saturated heterocycles. The zero-order valence-corrected chi connectivity index (χ0v) is 14.8. The van der Waals surface area contributed by atoms with Gasteiger partial charge in [0.25, 0.3) is 0 Å². The fourth-order valence-electron chi connectivity index (χ4n) is 2.43. The molecular weight excluding hydrogens is 340 g/mol. The largest absolute Gasteiger partial charge is 0.494 e. The average Bonchev–Trinajstić information content (AvgIpc) is 3.24. The second-order valence-electron chi connectivity index (χ2n) is 5.01. The van der Waals surface area contributed by atoms with Crippen molar-refractivity contribution in [2.24, 2.45) is 0 Å². The molecule has 0 amide bonds. The Morgan fingerprint density at radius 2 is 1.88 bits per heavy atom. The third-order valence-electron chi connectivity index (χ3n) is 3.49. The van der Waals surface area contributed by atoms with Crippen LogP contribution < -0.4 is 9.47 Å². The summed E-state index contributed by atoms with van der Waals surface area (Å²) in [6, 6.07) is 11.3. The van der Waals surface area contributed by atoms with Gasteiger partial charge in [0.1, 0.15) is 22.9 Å². The second-order valence-corrected chi connectivity index (χ2v) is 5.95. The van der Waals surface area contributed by atoms with Crippen molar-refractivity contribution in [3.8, 4) is 34.8 Å². The highest BCUT2D eigenvalue weighted by Crippen LogP contribution is 2.38. The van der Waals surface area contributed by atoms with Crippen LogP contribution in [-0.4, -0.2) is 34.7 Å². The van der Waals surface area contributed by atoms with E-state index in [1.807, 2.05) is 37.3 Å². The first-order chi connectivity index (χ1) is 12.2. The van der Waals surface area contributed by atoms with Crippen LogP contribution in [0.3, 0.4) is 0 Å². The first-order valence-electron chi connectivity index (χ1n) is 7.43. The molecule has 8 heteroatoms. The van der Waals surface area contributed by atoms with Crippen LogP contribution in [0.2, 0.25) is 0 Å². The number of ether oxygens (including phenoxy) is 2. The minimum atomic E-state index is 0.243. The smallest absolute Gasteiger partial charge is 0.205 e. The molecule has 1 aromatic carbocycles. The molecule has 2 heterocycles. The van der Waals surface area contributed by atoms with Gasteiger partial charge < -0.3 is 13.9 Å². The van der Waals surface area contributed by atoms with Gasteiger partial charge in [-0.25, -0.2) is 0 Å². The van der Waals surface area contributed by atoms with Gasteiger partial charge in [-0.15, -0.1) is 10.2 Å². The maximum Gasteiger partial charge on any atom is 0.205 e. The predicted octanol–water partition coefficient (Wildman–Crippen LogP) is 3.47. The minimum absolute atomic E-state index is 0.243. The Labute approximate surface area is 149 Å². The minimum Gasteiger partial charge on any atom is -0.494 e. The van der Waals surface area contributed by atoms with Crippen LogP contribution in [0, 0.1) is 18.3 Å². The van der Waals surface area contributed by atoms with E-state index in [1.165, 1.54) is 11.8 Å². The number of methoxy groups -OCH3 is 2. The molecule has 0 bridgehead atoms. The van der Waals surface area contributed by atoms with Crippen molar-refractivity contribution in [1.82, 2.24) is 14.8 Å². The van der Waals surface area contributed by atoms with Crippen LogP contribution in [0.15, 0.2) is 39.9 Å². The van der Waals surface area contributed by atoms with Gasteiger partial charge >= 0.3 is 0 Å². The highest BCUT2D eigenvalue weighted by molar-refractivity contribution is 7.99. The van der Waals surface area contributed by atoms with Crippen molar-refractivity contribution in [3.05, 3.63) is 36.1 Å². The first kappa shape index (κ1) is 16.9. The quantitative estimate of drug-likeness (QED) is 0.625. The van der Waals surface area contributed by atoms with Gasteiger partial charge in [0.05, 0.1) is 26.0 Å². The van der Waals surface area contributed by atoms with E-state index in [9.17, 15) is 0 Å². The number of nitriles is 1. The van der Waals surface area contributed by atoms with Crippen molar-refractivity contribution in [2.45, 2.75) is 12.1 Å². The maximum absolute atomic E-state index is 8.92. The van der Waals surface area contributed by atoms with Gasteiger partial charge in [0, 0.05) is 0 Å². The normalized spacial score (nSPS) is 10.5. The van der Waals surface area contributed by atoms with Crippen LogP contribution in [0.4, 0.5) is 0 Å². The summed E-state index contributed by atoms with van der Waals surface area (Å²) in [6.45, 7) is 1.86. The van der Waals surface area contributed by atoms with Gasteiger partial charge in [0.15, 0.2) is 10.9 Å². The lowest BCUT2D eigenvalue weighted by molar-refractivity contribution is 0.390. The molecule has 3 aromatic rings. The summed E-state index contributed by atoms with van der Waals surface area (Å²) in [5.41, 5.74) is 0.655. The van der Waals surface area contributed by atoms with Crippen molar-refractivity contribution in [3.63, 3.8) is 0 Å². The number of nitrogens with zero attached hydrogens (tertiary/aromatic N) is 4. The van der Waals surface area contributed by atoms with Crippen molar-refractivity contribution < 1.29 is 13.9 Å². The zero-order chi connectivity index (χ0) is 17.8. The summed E-state index contributed by atoms with van der Waals surface area (Å²) in [5, 5.41) is 17.9. The molecule has 2 aromatic heterocycles. The lowest BCUT2D eigenvalue weighted by Gasteiger charge is -2.16. The van der Waals surface area contributed by atoms with Gasteiger partial charge in [-0.05, 0) is 31.2 Å². The number of hydrogen-bond acceptors (Lipinski definition) is 7. The number of para-hydroxylation sites is 1. The number of thioether (sulfide) groups is 1. The average molecular weight is 356 g/mol. The number of aromatic nitrogens is 3. The van der Waals surface area contributed by atoms with E-state index >= 15 is 0 Å². The Hall–Kier alpha value is -2.92. The molecular formula is C17H16N4O3S. The van der Waals surface area contributed by atoms with E-state index in [2.05, 4.69) is 16.3 Å². The van der Waals surface area contributed by atoms with Crippen LogP contribution in [0.25, 0.3) is 17.3 Å².